The zero-order valence-electron chi connectivity index (χ0n) is 17.3. The molecule has 4 amide bonds. The minimum atomic E-state index is -1.49. The number of imide groups is 2. The van der Waals surface area contributed by atoms with E-state index in [1.54, 1.807) is 6.07 Å². The van der Waals surface area contributed by atoms with Crippen molar-refractivity contribution in [3.8, 4) is 0 Å². The fraction of sp³-hybridized carbons (Fsp3) is 0.550. The lowest BCUT2D eigenvalue weighted by Crippen LogP contribution is -2.75. The molecule has 1 spiro atoms. The molecule has 10 nitrogen and oxygen atoms in total. The van der Waals surface area contributed by atoms with Crippen LogP contribution in [0.15, 0.2) is 18.2 Å². The highest BCUT2D eigenvalue weighted by Crippen LogP contribution is 2.47. The lowest BCUT2D eigenvalue weighted by Gasteiger charge is -2.56. The van der Waals surface area contributed by atoms with E-state index in [2.05, 4.69) is 4.90 Å². The van der Waals surface area contributed by atoms with Crippen molar-refractivity contribution >= 4 is 29.2 Å². The summed E-state index contributed by atoms with van der Waals surface area (Å²) < 4.78 is 0. The van der Waals surface area contributed by atoms with Crippen LogP contribution in [-0.4, -0.2) is 83.8 Å². The standard InChI is InChI=1S/C20H25N5O5/c1-4-7-24-18(27)20(17(26)22(3)19(24)28)11-13-10-14(25(29)30)5-6-15(13)23-9-8-21(2)12-16(20)23/h5-6,10,16H,4,7-9,11-12H2,1-3H3/t16-,20-/m0/s1. The molecule has 160 valence electrons. The van der Waals surface area contributed by atoms with Crippen LogP contribution in [-0.2, 0) is 16.0 Å². The molecule has 0 aliphatic carbocycles. The Labute approximate surface area is 174 Å². The maximum absolute atomic E-state index is 13.7. The number of piperazine rings is 1. The Morgan fingerprint density at radius 3 is 2.57 bits per heavy atom. The van der Waals surface area contributed by atoms with Crippen molar-refractivity contribution in [1.29, 1.82) is 0 Å². The van der Waals surface area contributed by atoms with E-state index in [1.807, 2.05) is 18.9 Å². The van der Waals surface area contributed by atoms with Gasteiger partial charge in [0.2, 0.25) is 11.8 Å². The van der Waals surface area contributed by atoms with E-state index in [1.165, 1.54) is 19.2 Å². The number of urea groups is 1. The summed E-state index contributed by atoms with van der Waals surface area (Å²) in [5.74, 6) is -1.03. The van der Waals surface area contributed by atoms with E-state index in [-0.39, 0.29) is 18.7 Å². The van der Waals surface area contributed by atoms with Crippen molar-refractivity contribution in [2.24, 2.45) is 5.41 Å². The average Bonchev–Trinajstić information content (AvgIpc) is 2.73. The summed E-state index contributed by atoms with van der Waals surface area (Å²) in [6.07, 6.45) is 0.612. The Balaban J connectivity index is 1.91. The smallest absolute Gasteiger partial charge is 0.333 e. The molecule has 0 aromatic heterocycles. The largest absolute Gasteiger partial charge is 0.364 e. The molecule has 30 heavy (non-hydrogen) atoms. The van der Waals surface area contributed by atoms with Crippen LogP contribution in [0.2, 0.25) is 0 Å². The predicted molar refractivity (Wildman–Crippen MR) is 108 cm³/mol. The van der Waals surface area contributed by atoms with E-state index in [0.29, 0.717) is 25.1 Å². The molecule has 0 bridgehead atoms. The normalized spacial score (nSPS) is 26.8. The van der Waals surface area contributed by atoms with E-state index in [4.69, 9.17) is 0 Å². The predicted octanol–water partition coefficient (Wildman–Crippen LogP) is 1.09. The summed E-state index contributed by atoms with van der Waals surface area (Å²) >= 11 is 0. The Morgan fingerprint density at radius 1 is 1.17 bits per heavy atom. The van der Waals surface area contributed by atoms with Crippen LogP contribution in [0.4, 0.5) is 16.2 Å². The van der Waals surface area contributed by atoms with Gasteiger partial charge in [0, 0.05) is 57.5 Å². The number of likely N-dealkylation sites (N-methyl/N-ethyl adjacent to an activating group) is 1. The average molecular weight is 415 g/mol. The monoisotopic (exact) mass is 415 g/mol. The molecule has 0 radical (unpaired) electrons. The number of anilines is 1. The van der Waals surface area contributed by atoms with Crippen molar-refractivity contribution in [3.05, 3.63) is 33.9 Å². The number of hydrogen-bond donors (Lipinski definition) is 0. The summed E-state index contributed by atoms with van der Waals surface area (Å²) in [4.78, 5) is 57.1. The van der Waals surface area contributed by atoms with Crippen LogP contribution in [0, 0.1) is 15.5 Å². The maximum atomic E-state index is 13.7. The molecule has 2 atom stereocenters. The third-order valence-corrected chi connectivity index (χ3v) is 6.48. The van der Waals surface area contributed by atoms with Gasteiger partial charge in [-0.3, -0.25) is 29.5 Å². The SMILES string of the molecule is CCCN1C(=O)N(C)C(=O)[C@@]2(Cc3cc([N+](=O)[O-])ccc3N3CCN(C)C[C@H]32)C1=O. The van der Waals surface area contributed by atoms with Gasteiger partial charge in [-0.25, -0.2) is 4.79 Å². The highest BCUT2D eigenvalue weighted by Gasteiger charge is 2.64. The molecule has 10 heteroatoms. The Hall–Kier alpha value is -3.01. The molecule has 2 saturated heterocycles. The fourth-order valence-corrected chi connectivity index (χ4v) is 5.00. The van der Waals surface area contributed by atoms with Gasteiger partial charge in [-0.05, 0) is 25.1 Å². The van der Waals surface area contributed by atoms with Crippen molar-refractivity contribution in [1.82, 2.24) is 14.7 Å². The topological polar surface area (TPSA) is 107 Å². The minimum Gasteiger partial charge on any atom is -0.364 e. The van der Waals surface area contributed by atoms with Crippen LogP contribution in [0.3, 0.4) is 0 Å². The van der Waals surface area contributed by atoms with Crippen molar-refractivity contribution < 1.29 is 19.3 Å². The molecule has 2 fully saturated rings. The first-order chi connectivity index (χ1) is 14.2. The van der Waals surface area contributed by atoms with Gasteiger partial charge in [-0.2, -0.15) is 0 Å². The summed E-state index contributed by atoms with van der Waals surface area (Å²) in [6, 6.07) is 3.54. The summed E-state index contributed by atoms with van der Waals surface area (Å²) in [6.45, 7) is 3.89. The summed E-state index contributed by atoms with van der Waals surface area (Å²) in [5, 5.41) is 11.3. The van der Waals surface area contributed by atoms with Gasteiger partial charge in [0.1, 0.15) is 0 Å². The number of nitrogens with zero attached hydrogens (tertiary/aromatic N) is 5. The number of barbiturate groups is 1. The van der Waals surface area contributed by atoms with Gasteiger partial charge in [-0.1, -0.05) is 6.92 Å². The molecule has 0 unspecified atom stereocenters. The Kier molecular flexibility index (Phi) is 4.76. The number of nitro benzene ring substituents is 1. The van der Waals surface area contributed by atoms with Crippen LogP contribution >= 0.6 is 0 Å². The molecular weight excluding hydrogens is 390 g/mol. The third-order valence-electron chi connectivity index (χ3n) is 6.48. The van der Waals surface area contributed by atoms with Crippen molar-refractivity contribution in [2.75, 3.05) is 45.2 Å². The van der Waals surface area contributed by atoms with Crippen molar-refractivity contribution in [3.63, 3.8) is 0 Å². The van der Waals surface area contributed by atoms with E-state index in [9.17, 15) is 24.5 Å². The highest BCUT2D eigenvalue weighted by molar-refractivity contribution is 6.20. The second-order valence-corrected chi connectivity index (χ2v) is 8.29. The van der Waals surface area contributed by atoms with E-state index < -0.39 is 34.2 Å². The zero-order chi connectivity index (χ0) is 21.8. The van der Waals surface area contributed by atoms with Crippen LogP contribution in [0.1, 0.15) is 18.9 Å². The number of non-ortho nitro benzene ring substituents is 1. The van der Waals surface area contributed by atoms with Gasteiger partial charge in [0.15, 0.2) is 5.41 Å². The molecule has 1 aromatic rings. The molecule has 1 aromatic carbocycles. The molecule has 3 aliphatic rings. The lowest BCUT2D eigenvalue weighted by molar-refractivity contribution is -0.384. The van der Waals surface area contributed by atoms with Crippen LogP contribution in [0.25, 0.3) is 0 Å². The quantitative estimate of drug-likeness (QED) is 0.413. The first-order valence-electron chi connectivity index (χ1n) is 10.1. The fourth-order valence-electron chi connectivity index (χ4n) is 5.00. The first-order valence-corrected chi connectivity index (χ1v) is 10.1. The first kappa shape index (κ1) is 20.3. The number of nitro groups is 1. The number of fused-ring (bicyclic) bond motifs is 4. The van der Waals surface area contributed by atoms with Gasteiger partial charge >= 0.3 is 6.03 Å². The number of amides is 4. The van der Waals surface area contributed by atoms with Gasteiger partial charge in [-0.15, -0.1) is 0 Å². The van der Waals surface area contributed by atoms with E-state index >= 15 is 0 Å². The Bertz CT molecular complexity index is 950. The molecular formula is C20H25N5O5. The summed E-state index contributed by atoms with van der Waals surface area (Å²) in [5.41, 5.74) is -0.172. The number of benzene rings is 1. The molecule has 0 saturated carbocycles. The number of carbonyl (C=O) groups excluding carboxylic acids is 3. The zero-order valence-corrected chi connectivity index (χ0v) is 17.3. The Morgan fingerprint density at radius 2 is 1.90 bits per heavy atom. The second kappa shape index (κ2) is 7.05. The molecule has 3 aliphatic heterocycles. The van der Waals surface area contributed by atoms with Gasteiger partial charge in [0.05, 0.1) is 11.0 Å². The lowest BCUT2D eigenvalue weighted by atomic mass is 9.67. The van der Waals surface area contributed by atoms with Gasteiger partial charge in [0.25, 0.3) is 5.69 Å². The summed E-state index contributed by atoms with van der Waals surface area (Å²) in [7, 11) is 3.34. The van der Waals surface area contributed by atoms with E-state index in [0.717, 1.165) is 22.0 Å². The minimum absolute atomic E-state index is 0.0362. The van der Waals surface area contributed by atoms with Crippen LogP contribution < -0.4 is 4.90 Å². The highest BCUT2D eigenvalue weighted by atomic mass is 16.6. The van der Waals surface area contributed by atoms with Gasteiger partial charge < -0.3 is 9.80 Å². The number of carbonyl (C=O) groups is 3. The molecule has 0 N–H and O–H groups in total. The third kappa shape index (κ3) is 2.70. The second-order valence-electron chi connectivity index (χ2n) is 8.29. The van der Waals surface area contributed by atoms with Crippen molar-refractivity contribution in [2.45, 2.75) is 25.8 Å². The maximum Gasteiger partial charge on any atom is 0.333 e. The molecule has 4 rings (SSSR count). The number of hydrogen-bond acceptors (Lipinski definition) is 7. The number of rotatable bonds is 3. The van der Waals surface area contributed by atoms with Crippen LogP contribution in [0.5, 0.6) is 0 Å². The molecule has 3 heterocycles.